The van der Waals surface area contributed by atoms with Crippen LogP contribution in [0.5, 0.6) is 0 Å². The van der Waals surface area contributed by atoms with Crippen LogP contribution in [-0.2, 0) is 5.72 Å². The standard InChI is InChI=1S/C18H13F3N2O/c19-18(20,21)17(24)13-10-9-11-5-1-2-6-12(11)16(13)22-14-7-3-4-8-15(14)23-17/h1-10,22-24H. The summed E-state index contributed by atoms with van der Waals surface area (Å²) in [6.45, 7) is 0. The van der Waals surface area contributed by atoms with Crippen molar-refractivity contribution in [3.63, 3.8) is 0 Å². The maximum absolute atomic E-state index is 13.7. The molecule has 1 unspecified atom stereocenters. The highest BCUT2D eigenvalue weighted by Crippen LogP contribution is 2.48. The molecule has 0 radical (unpaired) electrons. The SMILES string of the molecule is OC1(C(F)(F)F)Nc2ccccc2Nc2c1ccc1ccccc21. The average molecular weight is 330 g/mol. The molecule has 1 aliphatic heterocycles. The molecule has 0 spiro atoms. The fourth-order valence-corrected chi connectivity index (χ4v) is 3.03. The molecule has 1 heterocycles. The van der Waals surface area contributed by atoms with Crippen LogP contribution in [0.2, 0.25) is 0 Å². The average Bonchev–Trinajstić information content (AvgIpc) is 2.69. The Bertz CT molecular complexity index is 939. The van der Waals surface area contributed by atoms with Crippen LogP contribution in [0.3, 0.4) is 0 Å². The zero-order valence-electron chi connectivity index (χ0n) is 12.4. The third-order valence-corrected chi connectivity index (χ3v) is 4.23. The van der Waals surface area contributed by atoms with Crippen molar-refractivity contribution >= 4 is 27.8 Å². The van der Waals surface area contributed by atoms with Crippen LogP contribution in [0, 0.1) is 0 Å². The number of hydrogen-bond donors (Lipinski definition) is 3. The summed E-state index contributed by atoms with van der Waals surface area (Å²) < 4.78 is 41.2. The van der Waals surface area contributed by atoms with Crippen molar-refractivity contribution in [2.75, 3.05) is 10.6 Å². The first kappa shape index (κ1) is 14.8. The topological polar surface area (TPSA) is 44.3 Å². The van der Waals surface area contributed by atoms with Crippen LogP contribution in [0.1, 0.15) is 5.56 Å². The Morgan fingerprint density at radius 3 is 2.25 bits per heavy atom. The van der Waals surface area contributed by atoms with Gasteiger partial charge in [0.15, 0.2) is 0 Å². The zero-order valence-corrected chi connectivity index (χ0v) is 12.4. The van der Waals surface area contributed by atoms with Gasteiger partial charge in [0.1, 0.15) is 0 Å². The van der Waals surface area contributed by atoms with E-state index in [9.17, 15) is 18.3 Å². The second-order valence-corrected chi connectivity index (χ2v) is 5.71. The Hall–Kier alpha value is -2.73. The molecule has 4 rings (SSSR count). The number of halogens is 3. The van der Waals surface area contributed by atoms with Crippen molar-refractivity contribution in [1.82, 2.24) is 0 Å². The highest BCUT2D eigenvalue weighted by atomic mass is 19.4. The molecule has 0 bridgehead atoms. The van der Waals surface area contributed by atoms with Gasteiger partial charge >= 0.3 is 6.18 Å². The lowest BCUT2D eigenvalue weighted by atomic mass is 9.95. The van der Waals surface area contributed by atoms with E-state index in [1.54, 1.807) is 36.4 Å². The Kier molecular flexibility index (Phi) is 3.02. The fraction of sp³-hybridized carbons (Fsp3) is 0.111. The summed E-state index contributed by atoms with van der Waals surface area (Å²) in [4.78, 5) is 0. The van der Waals surface area contributed by atoms with E-state index in [2.05, 4.69) is 10.6 Å². The highest BCUT2D eigenvalue weighted by Gasteiger charge is 2.57. The number of alkyl halides is 3. The number of fused-ring (bicyclic) bond motifs is 4. The van der Waals surface area contributed by atoms with Gasteiger partial charge in [-0.15, -0.1) is 0 Å². The van der Waals surface area contributed by atoms with Gasteiger partial charge in [-0.05, 0) is 17.5 Å². The Balaban J connectivity index is 2.09. The monoisotopic (exact) mass is 330 g/mol. The highest BCUT2D eigenvalue weighted by molar-refractivity contribution is 5.99. The van der Waals surface area contributed by atoms with Gasteiger partial charge < -0.3 is 15.7 Å². The summed E-state index contributed by atoms with van der Waals surface area (Å²) in [5, 5.41) is 17.3. The molecule has 0 saturated carbocycles. The number of benzene rings is 3. The molecule has 3 aromatic carbocycles. The lowest BCUT2D eigenvalue weighted by Crippen LogP contribution is -2.48. The van der Waals surface area contributed by atoms with Crippen LogP contribution in [-0.4, -0.2) is 11.3 Å². The Morgan fingerprint density at radius 2 is 1.50 bits per heavy atom. The maximum Gasteiger partial charge on any atom is 0.441 e. The summed E-state index contributed by atoms with van der Waals surface area (Å²) in [6.07, 6.45) is -4.90. The predicted octanol–water partition coefficient (Wildman–Crippen LogP) is 4.72. The molecule has 3 nitrogen and oxygen atoms in total. The third kappa shape index (κ3) is 2.03. The molecule has 6 heteroatoms. The molecule has 122 valence electrons. The first-order chi connectivity index (χ1) is 11.4. The molecule has 24 heavy (non-hydrogen) atoms. The van der Waals surface area contributed by atoms with Gasteiger partial charge in [-0.1, -0.05) is 48.5 Å². The van der Waals surface area contributed by atoms with Gasteiger partial charge in [0, 0.05) is 10.9 Å². The molecule has 0 fully saturated rings. The number of rotatable bonds is 0. The smallest absolute Gasteiger partial charge is 0.360 e. The summed E-state index contributed by atoms with van der Waals surface area (Å²) in [7, 11) is 0. The van der Waals surface area contributed by atoms with Crippen LogP contribution in [0.15, 0.2) is 60.7 Å². The zero-order chi connectivity index (χ0) is 16.9. The van der Waals surface area contributed by atoms with Crippen molar-refractivity contribution in [3.05, 3.63) is 66.2 Å². The number of aliphatic hydroxyl groups is 1. The van der Waals surface area contributed by atoms with E-state index in [1.807, 2.05) is 12.1 Å². The second-order valence-electron chi connectivity index (χ2n) is 5.71. The molecule has 0 saturated heterocycles. The summed E-state index contributed by atoms with van der Waals surface area (Å²) in [6, 6.07) is 16.5. The number of hydrogen-bond acceptors (Lipinski definition) is 3. The van der Waals surface area contributed by atoms with Gasteiger partial charge in [-0.2, -0.15) is 13.2 Å². The Labute approximate surface area is 135 Å². The van der Waals surface area contributed by atoms with Crippen molar-refractivity contribution in [2.24, 2.45) is 0 Å². The van der Waals surface area contributed by atoms with E-state index in [0.29, 0.717) is 11.1 Å². The van der Waals surface area contributed by atoms with Crippen LogP contribution >= 0.6 is 0 Å². The predicted molar refractivity (Wildman–Crippen MR) is 87.2 cm³/mol. The fourth-order valence-electron chi connectivity index (χ4n) is 3.03. The normalized spacial score (nSPS) is 19.7. The van der Waals surface area contributed by atoms with Crippen LogP contribution in [0.4, 0.5) is 30.2 Å². The van der Waals surface area contributed by atoms with E-state index in [1.165, 1.54) is 12.1 Å². The van der Waals surface area contributed by atoms with E-state index >= 15 is 0 Å². The molecule has 0 amide bonds. The number of anilines is 3. The molecular weight excluding hydrogens is 317 g/mol. The second kappa shape index (κ2) is 4.88. The number of para-hydroxylation sites is 2. The lowest BCUT2D eigenvalue weighted by molar-refractivity contribution is -0.253. The first-order valence-electron chi connectivity index (χ1n) is 7.36. The minimum absolute atomic E-state index is 0.178. The van der Waals surface area contributed by atoms with Crippen molar-refractivity contribution in [1.29, 1.82) is 0 Å². The quantitative estimate of drug-likeness (QED) is 0.559. The van der Waals surface area contributed by atoms with E-state index in [0.717, 1.165) is 5.39 Å². The van der Waals surface area contributed by atoms with Gasteiger partial charge in [0.25, 0.3) is 5.72 Å². The largest absolute Gasteiger partial charge is 0.441 e. The molecule has 1 aliphatic rings. The Morgan fingerprint density at radius 1 is 0.833 bits per heavy atom. The molecule has 1 atom stereocenters. The third-order valence-electron chi connectivity index (χ3n) is 4.23. The summed E-state index contributed by atoms with van der Waals surface area (Å²) >= 11 is 0. The lowest BCUT2D eigenvalue weighted by Gasteiger charge is -2.32. The van der Waals surface area contributed by atoms with Gasteiger partial charge in [0.2, 0.25) is 0 Å². The minimum Gasteiger partial charge on any atom is -0.360 e. The van der Waals surface area contributed by atoms with E-state index in [-0.39, 0.29) is 16.9 Å². The van der Waals surface area contributed by atoms with E-state index < -0.39 is 11.9 Å². The van der Waals surface area contributed by atoms with Crippen molar-refractivity contribution < 1.29 is 18.3 Å². The van der Waals surface area contributed by atoms with Gasteiger partial charge in [0.05, 0.1) is 17.1 Å². The maximum atomic E-state index is 13.7. The summed E-state index contributed by atoms with van der Waals surface area (Å²) in [5.74, 6) is 0. The number of nitrogens with one attached hydrogen (secondary N) is 2. The first-order valence-corrected chi connectivity index (χ1v) is 7.36. The minimum atomic E-state index is -4.90. The van der Waals surface area contributed by atoms with Crippen LogP contribution < -0.4 is 10.6 Å². The molecule has 0 aromatic heterocycles. The van der Waals surface area contributed by atoms with Gasteiger partial charge in [-0.25, -0.2) is 0 Å². The molecule has 0 aliphatic carbocycles. The molecule has 3 N–H and O–H groups in total. The molecule has 3 aromatic rings. The van der Waals surface area contributed by atoms with Crippen molar-refractivity contribution in [3.8, 4) is 0 Å². The van der Waals surface area contributed by atoms with E-state index in [4.69, 9.17) is 0 Å². The van der Waals surface area contributed by atoms with Crippen molar-refractivity contribution in [2.45, 2.75) is 11.9 Å². The van der Waals surface area contributed by atoms with Gasteiger partial charge in [-0.3, -0.25) is 0 Å². The summed E-state index contributed by atoms with van der Waals surface area (Å²) in [5.41, 5.74) is -2.56. The van der Waals surface area contributed by atoms with Crippen LogP contribution in [0.25, 0.3) is 10.8 Å². The molecular formula is C18H13F3N2O.